The maximum atomic E-state index is 12.7. The summed E-state index contributed by atoms with van der Waals surface area (Å²) in [5, 5.41) is 18.3. The average molecular weight is 246 g/mol. The first kappa shape index (κ1) is 12.6. The van der Waals surface area contributed by atoms with Crippen LogP contribution >= 0.6 is 0 Å². The van der Waals surface area contributed by atoms with Gasteiger partial charge in [-0.3, -0.25) is 0 Å². The van der Waals surface area contributed by atoms with Gasteiger partial charge in [-0.15, -0.1) is 0 Å². The molecular weight excluding hydrogens is 234 g/mol. The summed E-state index contributed by atoms with van der Waals surface area (Å²) in [6, 6.07) is 12.6. The Hall–Kier alpha value is -1.85. The van der Waals surface area contributed by atoms with Gasteiger partial charge in [0.05, 0.1) is 0 Å². The van der Waals surface area contributed by atoms with Gasteiger partial charge in [0, 0.05) is 5.46 Å². The molecule has 0 saturated carbocycles. The second-order valence-corrected chi connectivity index (χ2v) is 3.83. The van der Waals surface area contributed by atoms with Crippen LogP contribution in [0.1, 0.15) is 5.56 Å². The zero-order valence-electron chi connectivity index (χ0n) is 9.58. The maximum absolute atomic E-state index is 12.7. The molecule has 3 nitrogen and oxygen atoms in total. The van der Waals surface area contributed by atoms with Crippen molar-refractivity contribution in [1.29, 1.82) is 0 Å². The van der Waals surface area contributed by atoms with Crippen molar-refractivity contribution >= 4 is 12.6 Å². The van der Waals surface area contributed by atoms with Crippen LogP contribution in [0, 0.1) is 5.82 Å². The third-order valence-corrected chi connectivity index (χ3v) is 2.50. The molecule has 0 saturated heterocycles. The van der Waals surface area contributed by atoms with Crippen LogP contribution in [0.3, 0.4) is 0 Å². The number of hydrogen-bond acceptors (Lipinski definition) is 3. The van der Waals surface area contributed by atoms with Gasteiger partial charge >= 0.3 is 7.12 Å². The molecule has 0 fully saturated rings. The molecule has 0 amide bonds. The first-order chi connectivity index (χ1) is 8.66. The van der Waals surface area contributed by atoms with Crippen molar-refractivity contribution < 1.29 is 19.2 Å². The van der Waals surface area contributed by atoms with Gasteiger partial charge < -0.3 is 14.8 Å². The molecule has 0 heterocycles. The fourth-order valence-corrected chi connectivity index (χ4v) is 1.57. The Bertz CT molecular complexity index is 514. The molecule has 0 spiro atoms. The average Bonchev–Trinajstić information content (AvgIpc) is 2.38. The molecule has 0 aromatic heterocycles. The van der Waals surface area contributed by atoms with Crippen LogP contribution in [0.2, 0.25) is 0 Å². The minimum Gasteiger partial charge on any atom is -0.489 e. The summed E-state index contributed by atoms with van der Waals surface area (Å²) in [5.74, 6) is 0.0988. The minimum absolute atomic E-state index is 0.240. The third-order valence-electron chi connectivity index (χ3n) is 2.50. The molecule has 2 aromatic carbocycles. The van der Waals surface area contributed by atoms with Crippen LogP contribution in [-0.4, -0.2) is 17.2 Å². The van der Waals surface area contributed by atoms with Gasteiger partial charge in [0.15, 0.2) is 0 Å². The molecule has 0 aliphatic carbocycles. The number of hydrogen-bond donors (Lipinski definition) is 2. The lowest BCUT2D eigenvalue weighted by atomic mass is 9.79. The van der Waals surface area contributed by atoms with Gasteiger partial charge in [0.25, 0.3) is 0 Å². The molecule has 92 valence electrons. The second-order valence-electron chi connectivity index (χ2n) is 3.83. The molecular formula is C13H12BFO3. The van der Waals surface area contributed by atoms with Crippen LogP contribution in [0.4, 0.5) is 4.39 Å². The molecule has 0 bridgehead atoms. The molecule has 0 radical (unpaired) electrons. The minimum atomic E-state index is -1.57. The Morgan fingerprint density at radius 1 is 1.00 bits per heavy atom. The fourth-order valence-electron chi connectivity index (χ4n) is 1.57. The van der Waals surface area contributed by atoms with E-state index < -0.39 is 7.12 Å². The van der Waals surface area contributed by atoms with E-state index in [0.29, 0.717) is 11.2 Å². The van der Waals surface area contributed by atoms with E-state index in [1.54, 1.807) is 36.4 Å². The number of ether oxygens (including phenoxy) is 1. The van der Waals surface area contributed by atoms with Crippen molar-refractivity contribution in [2.75, 3.05) is 0 Å². The number of halogens is 1. The lowest BCUT2D eigenvalue weighted by Gasteiger charge is -2.10. The van der Waals surface area contributed by atoms with E-state index in [1.807, 2.05) is 0 Å². The summed E-state index contributed by atoms with van der Waals surface area (Å²) in [5.41, 5.74) is 1.11. The quantitative estimate of drug-likeness (QED) is 0.794. The van der Waals surface area contributed by atoms with Gasteiger partial charge in [0.2, 0.25) is 0 Å². The van der Waals surface area contributed by atoms with E-state index >= 15 is 0 Å². The van der Waals surface area contributed by atoms with Crippen molar-refractivity contribution in [2.45, 2.75) is 6.61 Å². The smallest absolute Gasteiger partial charge is 0.489 e. The van der Waals surface area contributed by atoms with Gasteiger partial charge in [-0.05, 0) is 23.8 Å². The Morgan fingerprint density at radius 2 is 1.67 bits per heavy atom. The monoisotopic (exact) mass is 246 g/mol. The van der Waals surface area contributed by atoms with E-state index in [0.717, 1.165) is 5.56 Å². The van der Waals surface area contributed by atoms with Crippen molar-refractivity contribution in [3.63, 3.8) is 0 Å². The summed E-state index contributed by atoms with van der Waals surface area (Å²) in [6.07, 6.45) is 0. The Labute approximate surface area is 105 Å². The summed E-state index contributed by atoms with van der Waals surface area (Å²) < 4.78 is 18.2. The number of rotatable bonds is 4. The number of para-hydroxylation sites is 1. The van der Waals surface area contributed by atoms with Crippen molar-refractivity contribution in [3.05, 3.63) is 59.9 Å². The first-order valence-corrected chi connectivity index (χ1v) is 5.49. The van der Waals surface area contributed by atoms with Gasteiger partial charge in [-0.1, -0.05) is 30.3 Å². The molecule has 2 aromatic rings. The lowest BCUT2D eigenvalue weighted by molar-refractivity contribution is 0.306. The van der Waals surface area contributed by atoms with E-state index in [-0.39, 0.29) is 12.4 Å². The maximum Gasteiger partial charge on any atom is 0.492 e. The van der Waals surface area contributed by atoms with Crippen molar-refractivity contribution in [3.8, 4) is 5.75 Å². The largest absolute Gasteiger partial charge is 0.492 e. The van der Waals surface area contributed by atoms with Crippen LogP contribution in [-0.2, 0) is 6.61 Å². The van der Waals surface area contributed by atoms with Gasteiger partial charge in [-0.25, -0.2) is 4.39 Å². The molecule has 0 aliphatic rings. The highest BCUT2D eigenvalue weighted by atomic mass is 19.1. The van der Waals surface area contributed by atoms with Crippen LogP contribution in [0.15, 0.2) is 48.5 Å². The van der Waals surface area contributed by atoms with E-state index in [4.69, 9.17) is 14.8 Å². The molecule has 0 aliphatic heterocycles. The molecule has 2 rings (SSSR count). The highest BCUT2D eigenvalue weighted by Gasteiger charge is 2.16. The van der Waals surface area contributed by atoms with Crippen molar-refractivity contribution in [2.24, 2.45) is 0 Å². The SMILES string of the molecule is OB(O)c1ccccc1OCc1ccc(F)cc1. The van der Waals surface area contributed by atoms with E-state index in [2.05, 4.69) is 0 Å². The van der Waals surface area contributed by atoms with Crippen LogP contribution < -0.4 is 10.2 Å². The second kappa shape index (κ2) is 5.66. The molecule has 18 heavy (non-hydrogen) atoms. The Kier molecular flexibility index (Phi) is 3.97. The van der Waals surface area contributed by atoms with Crippen LogP contribution in [0.5, 0.6) is 5.75 Å². The highest BCUT2D eigenvalue weighted by molar-refractivity contribution is 6.59. The van der Waals surface area contributed by atoms with Gasteiger partial charge in [0.1, 0.15) is 18.2 Å². The molecule has 0 atom stereocenters. The summed E-state index contributed by atoms with van der Waals surface area (Å²) in [6.45, 7) is 0.240. The lowest BCUT2D eigenvalue weighted by Crippen LogP contribution is -2.31. The highest BCUT2D eigenvalue weighted by Crippen LogP contribution is 2.11. The van der Waals surface area contributed by atoms with E-state index in [9.17, 15) is 4.39 Å². The molecule has 0 unspecified atom stereocenters. The van der Waals surface area contributed by atoms with Crippen LogP contribution in [0.25, 0.3) is 0 Å². The van der Waals surface area contributed by atoms with Crippen molar-refractivity contribution in [1.82, 2.24) is 0 Å². The summed E-state index contributed by atoms with van der Waals surface area (Å²) in [7, 11) is -1.57. The molecule has 2 N–H and O–H groups in total. The third kappa shape index (κ3) is 3.09. The fraction of sp³-hybridized carbons (Fsp3) is 0.0769. The summed E-state index contributed by atoms with van der Waals surface area (Å²) in [4.78, 5) is 0. The standard InChI is InChI=1S/C13H12BFO3/c15-11-7-5-10(6-8-11)9-18-13-4-2-1-3-12(13)14(16)17/h1-8,16-17H,9H2. The number of benzene rings is 2. The predicted octanol–water partition coefficient (Wildman–Crippen LogP) is 1.08. The predicted molar refractivity (Wildman–Crippen MR) is 67.0 cm³/mol. The summed E-state index contributed by atoms with van der Waals surface area (Å²) >= 11 is 0. The Morgan fingerprint density at radius 3 is 2.33 bits per heavy atom. The Balaban J connectivity index is 2.08. The first-order valence-electron chi connectivity index (χ1n) is 5.49. The zero-order chi connectivity index (χ0) is 13.0. The van der Waals surface area contributed by atoms with Gasteiger partial charge in [-0.2, -0.15) is 0 Å². The normalized spacial score (nSPS) is 10.2. The topological polar surface area (TPSA) is 49.7 Å². The molecule has 5 heteroatoms. The zero-order valence-corrected chi connectivity index (χ0v) is 9.58. The van der Waals surface area contributed by atoms with E-state index in [1.165, 1.54) is 12.1 Å².